The van der Waals surface area contributed by atoms with Gasteiger partial charge in [0.05, 0.1) is 0 Å². The molecule has 0 bridgehead atoms. The molecule has 3 aromatic rings. The Morgan fingerprint density at radius 2 is 1.00 bits per heavy atom. The van der Waals surface area contributed by atoms with E-state index in [1.807, 2.05) is 24.3 Å². The molecule has 0 aliphatic carbocycles. The molecule has 0 saturated carbocycles. The van der Waals surface area contributed by atoms with E-state index in [-0.39, 0.29) is 0 Å². The summed E-state index contributed by atoms with van der Waals surface area (Å²) >= 11 is 0. The summed E-state index contributed by atoms with van der Waals surface area (Å²) in [4.78, 5) is 25.7. The van der Waals surface area contributed by atoms with E-state index in [1.165, 1.54) is 0 Å². The van der Waals surface area contributed by atoms with Gasteiger partial charge in [-0.25, -0.2) is 0 Å². The number of carbonyl (C=O) groups is 2. The highest BCUT2D eigenvalue weighted by Crippen LogP contribution is 2.25. The van der Waals surface area contributed by atoms with E-state index in [2.05, 4.69) is 13.8 Å². The molecule has 0 aromatic heterocycles. The van der Waals surface area contributed by atoms with E-state index in [1.54, 1.807) is 60.7 Å². The summed E-state index contributed by atoms with van der Waals surface area (Å²) in [6.07, 6.45) is 0. The number of rotatable bonds is 6. The molecule has 4 heteroatoms. The summed E-state index contributed by atoms with van der Waals surface area (Å²) in [5.41, 5.74) is 1.65. The normalized spacial score (nSPS) is 10.7. The minimum absolute atomic E-state index is 0.347. The molecule has 28 heavy (non-hydrogen) atoms. The lowest BCUT2D eigenvalue weighted by molar-refractivity contribution is -0.147. The molecule has 0 heterocycles. The molecule has 0 saturated heterocycles. The van der Waals surface area contributed by atoms with Gasteiger partial charge < -0.3 is 9.47 Å². The number of ether oxygens (including phenoxy) is 2. The Hall–Kier alpha value is -3.40. The first-order valence-corrected chi connectivity index (χ1v) is 9.18. The predicted octanol–water partition coefficient (Wildman–Crippen LogP) is 5.10. The Balaban J connectivity index is 1.88. The van der Waals surface area contributed by atoms with Crippen LogP contribution >= 0.6 is 0 Å². The minimum atomic E-state index is -1.18. The van der Waals surface area contributed by atoms with E-state index in [4.69, 9.17) is 9.47 Å². The van der Waals surface area contributed by atoms with Crippen LogP contribution in [0.2, 0.25) is 0 Å². The SMILES string of the molecule is CC(C)c1ccc(C(C(=O)Oc2ccccc2)C(=O)Oc2ccccc2)cc1. The summed E-state index contributed by atoms with van der Waals surface area (Å²) in [5, 5.41) is 0. The fourth-order valence-electron chi connectivity index (χ4n) is 2.77. The molecule has 0 N–H and O–H groups in total. The topological polar surface area (TPSA) is 52.6 Å². The Morgan fingerprint density at radius 1 is 0.607 bits per heavy atom. The predicted molar refractivity (Wildman–Crippen MR) is 107 cm³/mol. The summed E-state index contributed by atoms with van der Waals surface area (Å²) in [5.74, 6) is -1.43. The quantitative estimate of drug-likeness (QED) is 0.342. The Morgan fingerprint density at radius 3 is 1.39 bits per heavy atom. The lowest BCUT2D eigenvalue weighted by Gasteiger charge is -2.16. The average Bonchev–Trinajstić information content (AvgIpc) is 2.70. The van der Waals surface area contributed by atoms with Gasteiger partial charge in [0, 0.05) is 0 Å². The highest BCUT2D eigenvalue weighted by molar-refractivity contribution is 6.02. The van der Waals surface area contributed by atoms with Gasteiger partial charge in [0.1, 0.15) is 11.5 Å². The molecule has 3 rings (SSSR count). The molecule has 4 nitrogen and oxygen atoms in total. The third kappa shape index (κ3) is 4.86. The van der Waals surface area contributed by atoms with Crippen LogP contribution in [-0.2, 0) is 9.59 Å². The van der Waals surface area contributed by atoms with E-state index >= 15 is 0 Å². The van der Waals surface area contributed by atoms with Gasteiger partial charge in [-0.05, 0) is 41.3 Å². The summed E-state index contributed by atoms with van der Waals surface area (Å²) in [7, 11) is 0. The molecule has 142 valence electrons. The smallest absolute Gasteiger partial charge is 0.330 e. The standard InChI is InChI=1S/C24H22O4/c1-17(2)18-13-15-19(16-14-18)22(23(25)27-20-9-5-3-6-10-20)24(26)28-21-11-7-4-8-12-21/h3-17,22H,1-2H3. The minimum Gasteiger partial charge on any atom is -0.426 e. The van der Waals surface area contributed by atoms with Crippen LogP contribution in [-0.4, -0.2) is 11.9 Å². The third-order valence-corrected chi connectivity index (χ3v) is 4.33. The van der Waals surface area contributed by atoms with Gasteiger partial charge in [-0.15, -0.1) is 0 Å². The molecule has 0 unspecified atom stereocenters. The zero-order valence-electron chi connectivity index (χ0n) is 15.9. The third-order valence-electron chi connectivity index (χ3n) is 4.33. The van der Waals surface area contributed by atoms with Gasteiger partial charge in [0.15, 0.2) is 5.92 Å². The lowest BCUT2D eigenvalue weighted by Crippen LogP contribution is -2.29. The zero-order valence-corrected chi connectivity index (χ0v) is 15.9. The summed E-state index contributed by atoms with van der Waals surface area (Å²) in [6, 6.07) is 24.7. The molecule has 0 radical (unpaired) electrons. The van der Waals surface area contributed by atoms with Crippen LogP contribution in [0.15, 0.2) is 84.9 Å². The van der Waals surface area contributed by atoms with E-state index < -0.39 is 17.9 Å². The molecule has 3 aromatic carbocycles. The van der Waals surface area contributed by atoms with Crippen molar-refractivity contribution in [2.75, 3.05) is 0 Å². The number of esters is 2. The summed E-state index contributed by atoms with van der Waals surface area (Å²) < 4.78 is 10.9. The van der Waals surface area contributed by atoms with E-state index in [9.17, 15) is 9.59 Å². The molecule has 0 aliphatic heterocycles. The van der Waals surface area contributed by atoms with E-state index in [0.29, 0.717) is 23.0 Å². The monoisotopic (exact) mass is 374 g/mol. The second kappa shape index (κ2) is 9.00. The van der Waals surface area contributed by atoms with Crippen LogP contribution in [0.3, 0.4) is 0 Å². The number of hydrogen-bond donors (Lipinski definition) is 0. The van der Waals surface area contributed by atoms with Crippen molar-refractivity contribution in [1.82, 2.24) is 0 Å². The van der Waals surface area contributed by atoms with Gasteiger partial charge in [-0.2, -0.15) is 0 Å². The first kappa shape index (κ1) is 19.4. The molecule has 0 atom stereocenters. The molecule has 0 amide bonds. The van der Waals surface area contributed by atoms with Crippen LogP contribution < -0.4 is 9.47 Å². The Bertz CT molecular complexity index is 862. The first-order valence-electron chi connectivity index (χ1n) is 9.18. The van der Waals surface area contributed by atoms with Crippen LogP contribution in [0, 0.1) is 0 Å². The first-order chi connectivity index (χ1) is 13.5. The number of hydrogen-bond acceptors (Lipinski definition) is 4. The summed E-state index contributed by atoms with van der Waals surface area (Å²) in [6.45, 7) is 4.17. The van der Waals surface area contributed by atoms with Crippen molar-refractivity contribution in [3.05, 3.63) is 96.1 Å². The Kier molecular flexibility index (Phi) is 6.22. The fraction of sp³-hybridized carbons (Fsp3) is 0.167. The molecule has 0 fully saturated rings. The van der Waals surface area contributed by atoms with Crippen molar-refractivity contribution in [2.24, 2.45) is 0 Å². The van der Waals surface area contributed by atoms with Crippen LogP contribution in [0.4, 0.5) is 0 Å². The maximum Gasteiger partial charge on any atom is 0.330 e. The number of benzene rings is 3. The fourth-order valence-corrected chi connectivity index (χ4v) is 2.77. The second-order valence-electron chi connectivity index (χ2n) is 6.72. The van der Waals surface area contributed by atoms with Crippen molar-refractivity contribution in [1.29, 1.82) is 0 Å². The second-order valence-corrected chi connectivity index (χ2v) is 6.72. The van der Waals surface area contributed by atoms with Crippen molar-refractivity contribution in [2.45, 2.75) is 25.7 Å². The van der Waals surface area contributed by atoms with Gasteiger partial charge in [-0.3, -0.25) is 9.59 Å². The number of carbonyl (C=O) groups excluding carboxylic acids is 2. The van der Waals surface area contributed by atoms with Crippen molar-refractivity contribution < 1.29 is 19.1 Å². The van der Waals surface area contributed by atoms with Crippen LogP contribution in [0.1, 0.15) is 36.8 Å². The highest BCUT2D eigenvalue weighted by Gasteiger charge is 2.32. The Labute approximate surface area is 164 Å². The van der Waals surface area contributed by atoms with Crippen molar-refractivity contribution in [3.8, 4) is 11.5 Å². The largest absolute Gasteiger partial charge is 0.426 e. The van der Waals surface area contributed by atoms with Crippen LogP contribution in [0.25, 0.3) is 0 Å². The van der Waals surface area contributed by atoms with Crippen molar-refractivity contribution >= 4 is 11.9 Å². The highest BCUT2D eigenvalue weighted by atomic mass is 16.6. The average molecular weight is 374 g/mol. The molecule has 0 aliphatic rings. The van der Waals surface area contributed by atoms with Crippen molar-refractivity contribution in [3.63, 3.8) is 0 Å². The zero-order chi connectivity index (χ0) is 19.9. The maximum atomic E-state index is 12.8. The molecule has 0 spiro atoms. The van der Waals surface area contributed by atoms with Gasteiger partial charge in [0.25, 0.3) is 0 Å². The maximum absolute atomic E-state index is 12.8. The van der Waals surface area contributed by atoms with E-state index in [0.717, 1.165) is 5.56 Å². The molecular weight excluding hydrogens is 352 g/mol. The number of para-hydroxylation sites is 2. The van der Waals surface area contributed by atoms with Gasteiger partial charge in [-0.1, -0.05) is 74.5 Å². The molecular formula is C24H22O4. The van der Waals surface area contributed by atoms with Gasteiger partial charge >= 0.3 is 11.9 Å². The van der Waals surface area contributed by atoms with Crippen LogP contribution in [0.5, 0.6) is 11.5 Å². The van der Waals surface area contributed by atoms with Gasteiger partial charge in [0.2, 0.25) is 0 Å². The lowest BCUT2D eigenvalue weighted by atomic mass is 9.95.